The molecular formula is C20H24N2O3. The lowest BCUT2D eigenvalue weighted by Crippen LogP contribution is -2.44. The highest BCUT2D eigenvalue weighted by atomic mass is 16.5. The van der Waals surface area contributed by atoms with E-state index >= 15 is 0 Å². The minimum Gasteiger partial charge on any atom is -0.457 e. The van der Waals surface area contributed by atoms with Crippen molar-refractivity contribution in [3.05, 3.63) is 59.7 Å². The number of hydrogen-bond acceptors (Lipinski definition) is 4. The van der Waals surface area contributed by atoms with Crippen LogP contribution in [0.2, 0.25) is 0 Å². The maximum Gasteiger partial charge on any atom is 0.221 e. The van der Waals surface area contributed by atoms with E-state index in [0.29, 0.717) is 26.2 Å². The fourth-order valence-electron chi connectivity index (χ4n) is 2.76. The number of carbonyl (C=O) groups is 1. The van der Waals surface area contributed by atoms with Gasteiger partial charge in [0.05, 0.1) is 13.2 Å². The molecule has 2 aromatic carbocycles. The lowest BCUT2D eigenvalue weighted by molar-refractivity contribution is -0.122. The molecule has 1 amide bonds. The average Bonchev–Trinajstić information content (AvgIpc) is 2.63. The Bertz CT molecular complexity index is 697. The summed E-state index contributed by atoms with van der Waals surface area (Å²) in [5, 5.41) is 6.27. The van der Waals surface area contributed by atoms with Gasteiger partial charge in [-0.25, -0.2) is 0 Å². The quantitative estimate of drug-likeness (QED) is 0.849. The molecule has 0 bridgehead atoms. The fourth-order valence-corrected chi connectivity index (χ4v) is 2.76. The Balaban J connectivity index is 1.60. The largest absolute Gasteiger partial charge is 0.457 e. The van der Waals surface area contributed by atoms with Gasteiger partial charge in [-0.2, -0.15) is 0 Å². The monoisotopic (exact) mass is 340 g/mol. The summed E-state index contributed by atoms with van der Waals surface area (Å²) in [6.45, 7) is 4.55. The Morgan fingerprint density at radius 2 is 2.12 bits per heavy atom. The van der Waals surface area contributed by atoms with Crippen LogP contribution in [-0.2, 0) is 16.1 Å². The fraction of sp³-hybridized carbons (Fsp3) is 0.350. The number of hydrogen-bond donors (Lipinski definition) is 2. The van der Waals surface area contributed by atoms with E-state index < -0.39 is 0 Å². The third-order valence-corrected chi connectivity index (χ3v) is 4.10. The molecule has 0 aromatic heterocycles. The first-order valence-corrected chi connectivity index (χ1v) is 8.61. The van der Waals surface area contributed by atoms with Crippen molar-refractivity contribution in [1.29, 1.82) is 0 Å². The molecule has 0 spiro atoms. The minimum absolute atomic E-state index is 0.00855. The van der Waals surface area contributed by atoms with Crippen LogP contribution >= 0.6 is 0 Å². The molecule has 1 unspecified atom stereocenters. The van der Waals surface area contributed by atoms with Gasteiger partial charge in [-0.05, 0) is 30.7 Å². The van der Waals surface area contributed by atoms with Gasteiger partial charge in [0.15, 0.2) is 0 Å². The number of para-hydroxylation sites is 1. The summed E-state index contributed by atoms with van der Waals surface area (Å²) in [5.41, 5.74) is 2.07. The highest BCUT2D eigenvalue weighted by molar-refractivity contribution is 5.76. The zero-order valence-corrected chi connectivity index (χ0v) is 14.5. The summed E-state index contributed by atoms with van der Waals surface area (Å²) in [5.74, 6) is 1.56. The van der Waals surface area contributed by atoms with E-state index in [1.807, 2.05) is 55.5 Å². The Morgan fingerprint density at radius 3 is 2.88 bits per heavy atom. The van der Waals surface area contributed by atoms with E-state index in [9.17, 15) is 4.79 Å². The molecule has 0 aliphatic carbocycles. The predicted octanol–water partition coefficient (Wildman–Crippen LogP) is 2.78. The topological polar surface area (TPSA) is 59.6 Å². The molecule has 1 saturated heterocycles. The van der Waals surface area contributed by atoms with Crippen LogP contribution in [0.25, 0.3) is 0 Å². The molecule has 1 atom stereocenters. The van der Waals surface area contributed by atoms with Crippen LogP contribution in [-0.4, -0.2) is 31.7 Å². The second-order valence-corrected chi connectivity index (χ2v) is 6.23. The van der Waals surface area contributed by atoms with Crippen LogP contribution in [0.4, 0.5) is 0 Å². The van der Waals surface area contributed by atoms with Crippen molar-refractivity contribution in [3.63, 3.8) is 0 Å². The van der Waals surface area contributed by atoms with E-state index in [1.165, 1.54) is 0 Å². The molecule has 0 saturated carbocycles. The van der Waals surface area contributed by atoms with E-state index in [0.717, 1.165) is 29.2 Å². The van der Waals surface area contributed by atoms with E-state index in [-0.39, 0.29) is 11.9 Å². The zero-order valence-electron chi connectivity index (χ0n) is 14.5. The van der Waals surface area contributed by atoms with Gasteiger partial charge in [-0.3, -0.25) is 4.79 Å². The second kappa shape index (κ2) is 8.65. The van der Waals surface area contributed by atoms with E-state index in [1.54, 1.807) is 0 Å². The highest BCUT2D eigenvalue weighted by Gasteiger charge is 2.17. The summed E-state index contributed by atoms with van der Waals surface area (Å²) in [6.07, 6.45) is 0.417. The number of amides is 1. The zero-order chi connectivity index (χ0) is 17.5. The summed E-state index contributed by atoms with van der Waals surface area (Å²) in [6, 6.07) is 15.8. The molecule has 2 aromatic rings. The van der Waals surface area contributed by atoms with Gasteiger partial charge < -0.3 is 20.1 Å². The standard InChI is InChI=1S/C20H24N2O3/c1-15-7-8-16(19(11-15)25-18-5-3-2-4-6-18)13-22-20(23)12-17-14-24-10-9-21-17/h2-8,11,17,21H,9-10,12-14H2,1H3,(H,22,23). The number of aryl methyl sites for hydroxylation is 1. The van der Waals surface area contributed by atoms with Crippen molar-refractivity contribution in [2.24, 2.45) is 0 Å². The summed E-state index contributed by atoms with van der Waals surface area (Å²) in [4.78, 5) is 12.2. The van der Waals surface area contributed by atoms with Crippen molar-refractivity contribution in [2.75, 3.05) is 19.8 Å². The van der Waals surface area contributed by atoms with Crippen molar-refractivity contribution >= 4 is 5.91 Å². The molecule has 5 nitrogen and oxygen atoms in total. The van der Waals surface area contributed by atoms with E-state index in [2.05, 4.69) is 10.6 Å². The molecule has 3 rings (SSSR count). The van der Waals surface area contributed by atoms with Crippen LogP contribution in [0, 0.1) is 6.92 Å². The maximum absolute atomic E-state index is 12.2. The molecule has 1 heterocycles. The van der Waals surface area contributed by atoms with Gasteiger partial charge in [-0.15, -0.1) is 0 Å². The van der Waals surface area contributed by atoms with Gasteiger partial charge in [0, 0.05) is 31.1 Å². The Morgan fingerprint density at radius 1 is 1.28 bits per heavy atom. The number of benzene rings is 2. The molecule has 25 heavy (non-hydrogen) atoms. The summed E-state index contributed by atoms with van der Waals surface area (Å²) in [7, 11) is 0. The van der Waals surface area contributed by atoms with Gasteiger partial charge in [-0.1, -0.05) is 30.3 Å². The molecule has 1 fully saturated rings. The minimum atomic E-state index is 0.00855. The van der Waals surface area contributed by atoms with Crippen LogP contribution in [0.1, 0.15) is 17.5 Å². The first kappa shape index (κ1) is 17.5. The Kier molecular flexibility index (Phi) is 6.04. The van der Waals surface area contributed by atoms with Gasteiger partial charge in [0.2, 0.25) is 5.91 Å². The molecule has 0 radical (unpaired) electrons. The number of carbonyl (C=O) groups excluding carboxylic acids is 1. The third-order valence-electron chi connectivity index (χ3n) is 4.10. The van der Waals surface area contributed by atoms with Crippen molar-refractivity contribution in [3.8, 4) is 11.5 Å². The smallest absolute Gasteiger partial charge is 0.221 e. The Labute approximate surface area is 148 Å². The van der Waals surface area contributed by atoms with Gasteiger partial charge >= 0.3 is 0 Å². The second-order valence-electron chi connectivity index (χ2n) is 6.23. The maximum atomic E-state index is 12.2. The number of nitrogens with one attached hydrogen (secondary N) is 2. The Hall–Kier alpha value is -2.37. The average molecular weight is 340 g/mol. The van der Waals surface area contributed by atoms with Gasteiger partial charge in [0.1, 0.15) is 11.5 Å². The first-order valence-electron chi connectivity index (χ1n) is 8.61. The van der Waals surface area contributed by atoms with Crippen LogP contribution < -0.4 is 15.4 Å². The lowest BCUT2D eigenvalue weighted by Gasteiger charge is -2.23. The highest BCUT2D eigenvalue weighted by Crippen LogP contribution is 2.26. The van der Waals surface area contributed by atoms with Crippen molar-refractivity contribution in [1.82, 2.24) is 10.6 Å². The van der Waals surface area contributed by atoms with Crippen molar-refractivity contribution < 1.29 is 14.3 Å². The van der Waals surface area contributed by atoms with Gasteiger partial charge in [0.25, 0.3) is 0 Å². The molecule has 132 valence electrons. The SMILES string of the molecule is Cc1ccc(CNC(=O)CC2COCCN2)c(Oc2ccccc2)c1. The number of rotatable bonds is 6. The summed E-state index contributed by atoms with van der Waals surface area (Å²) >= 11 is 0. The third kappa shape index (κ3) is 5.31. The van der Waals surface area contributed by atoms with Crippen LogP contribution in [0.3, 0.4) is 0 Å². The lowest BCUT2D eigenvalue weighted by atomic mass is 10.1. The van der Waals surface area contributed by atoms with Crippen molar-refractivity contribution in [2.45, 2.75) is 25.9 Å². The first-order chi connectivity index (χ1) is 12.2. The molecular weight excluding hydrogens is 316 g/mol. The normalized spacial score (nSPS) is 17.1. The summed E-state index contributed by atoms with van der Waals surface area (Å²) < 4.78 is 11.4. The molecule has 1 aliphatic rings. The molecule has 1 aliphatic heterocycles. The molecule has 5 heteroatoms. The van der Waals surface area contributed by atoms with Crippen LogP contribution in [0.15, 0.2) is 48.5 Å². The van der Waals surface area contributed by atoms with E-state index in [4.69, 9.17) is 9.47 Å². The van der Waals surface area contributed by atoms with Crippen LogP contribution in [0.5, 0.6) is 11.5 Å². The predicted molar refractivity (Wildman–Crippen MR) is 96.8 cm³/mol. The number of morpholine rings is 1. The number of ether oxygens (including phenoxy) is 2. The molecule has 2 N–H and O–H groups in total.